The molecule has 4 fully saturated rings. The smallest absolute Gasteiger partial charge is 0.229 e. The highest BCUT2D eigenvalue weighted by molar-refractivity contribution is 6.09. The van der Waals surface area contributed by atoms with Crippen molar-refractivity contribution in [3.63, 3.8) is 0 Å². The van der Waals surface area contributed by atoms with Gasteiger partial charge in [0.2, 0.25) is 5.72 Å². The second kappa shape index (κ2) is 6.34. The largest absolute Gasteiger partial charge is 0.459 e. The minimum Gasteiger partial charge on any atom is -0.459 e. The quantitative estimate of drug-likeness (QED) is 0.368. The van der Waals surface area contributed by atoms with Gasteiger partial charge >= 0.3 is 0 Å². The number of aliphatic imine (C=N–C) groups is 1. The van der Waals surface area contributed by atoms with Crippen LogP contribution < -0.4 is 14.5 Å². The first kappa shape index (κ1) is 20.0. The van der Waals surface area contributed by atoms with Crippen LogP contribution >= 0.6 is 0 Å². The maximum atomic E-state index is 7.51. The molecule has 1 unspecified atom stereocenters. The third-order valence-corrected chi connectivity index (χ3v) is 11.9. The van der Waals surface area contributed by atoms with Crippen molar-refractivity contribution < 1.29 is 4.74 Å². The summed E-state index contributed by atoms with van der Waals surface area (Å²) in [5.74, 6) is 4.16. The summed E-state index contributed by atoms with van der Waals surface area (Å²) in [6.07, 6.45) is 11.4. The Balaban J connectivity index is 1.22. The van der Waals surface area contributed by atoms with Crippen molar-refractivity contribution in [2.24, 2.45) is 28.7 Å². The summed E-state index contributed by atoms with van der Waals surface area (Å²) in [6, 6.07) is 16.3. The molecule has 0 radical (unpaired) electrons. The van der Waals surface area contributed by atoms with Crippen LogP contribution in [-0.4, -0.2) is 32.1 Å². The van der Waals surface area contributed by atoms with Crippen LogP contribution in [0.5, 0.6) is 5.75 Å². The molecule has 1 atom stereocenters. The van der Waals surface area contributed by atoms with E-state index < -0.39 is 5.72 Å². The molecule has 4 bridgehead atoms. The fourth-order valence-electron chi connectivity index (χ4n) is 10.8. The molecule has 8 aliphatic rings. The van der Waals surface area contributed by atoms with E-state index in [4.69, 9.17) is 9.73 Å². The first-order valence-corrected chi connectivity index (χ1v) is 14.6. The first-order valence-electron chi connectivity index (χ1n) is 14.6. The van der Waals surface area contributed by atoms with Crippen LogP contribution in [0, 0.1) is 23.7 Å². The number of hydrogen-bond donors (Lipinski definition) is 0. The molecule has 0 saturated heterocycles. The highest BCUT2D eigenvalue weighted by Crippen LogP contribution is 2.71. The van der Waals surface area contributed by atoms with Gasteiger partial charge in [0.15, 0.2) is 0 Å². The maximum absolute atomic E-state index is 7.51. The Morgan fingerprint density at radius 3 is 2.46 bits per heavy atom. The Morgan fingerprint density at radius 2 is 1.65 bits per heavy atom. The van der Waals surface area contributed by atoms with Gasteiger partial charge in [0.05, 0.1) is 11.6 Å². The van der Waals surface area contributed by atoms with Crippen molar-refractivity contribution in [3.05, 3.63) is 59.2 Å². The molecule has 4 aliphatic heterocycles. The predicted octanol–water partition coefficient (Wildman–Crippen LogP) is 6.39. The number of hydrogen-bond acceptors (Lipinski definition) is 4. The Kier molecular flexibility index (Phi) is 3.43. The van der Waals surface area contributed by atoms with Crippen LogP contribution in [0.2, 0.25) is 0 Å². The molecule has 2 spiro atoms. The van der Waals surface area contributed by atoms with E-state index in [2.05, 4.69) is 65.5 Å². The third kappa shape index (κ3) is 2.09. The van der Waals surface area contributed by atoms with E-state index in [1.807, 2.05) is 0 Å². The Hall–Kier alpha value is -3.01. The second-order valence-corrected chi connectivity index (χ2v) is 13.2. The van der Waals surface area contributed by atoms with Gasteiger partial charge in [-0.15, -0.1) is 0 Å². The molecule has 0 N–H and O–H groups in total. The van der Waals surface area contributed by atoms with E-state index in [0.29, 0.717) is 11.8 Å². The summed E-state index contributed by atoms with van der Waals surface area (Å²) in [5, 5.41) is 2.71. The lowest BCUT2D eigenvalue weighted by Crippen LogP contribution is -2.72. The van der Waals surface area contributed by atoms with E-state index in [0.717, 1.165) is 42.8 Å². The molecular weight excluding hydrogens is 454 g/mol. The van der Waals surface area contributed by atoms with Gasteiger partial charge < -0.3 is 14.5 Å². The van der Waals surface area contributed by atoms with Crippen LogP contribution in [0.25, 0.3) is 10.8 Å². The van der Waals surface area contributed by atoms with Crippen LogP contribution in [0.4, 0.5) is 17.1 Å². The summed E-state index contributed by atoms with van der Waals surface area (Å²) in [6.45, 7) is 2.28. The van der Waals surface area contributed by atoms with Crippen molar-refractivity contribution in [2.75, 3.05) is 29.9 Å². The van der Waals surface area contributed by atoms with Gasteiger partial charge in [0.1, 0.15) is 11.4 Å². The molecule has 4 heterocycles. The monoisotopic (exact) mass is 487 g/mol. The van der Waals surface area contributed by atoms with E-state index in [-0.39, 0.29) is 5.41 Å². The van der Waals surface area contributed by atoms with Gasteiger partial charge in [-0.1, -0.05) is 30.3 Å². The van der Waals surface area contributed by atoms with Gasteiger partial charge in [0.25, 0.3) is 0 Å². The molecule has 0 aromatic heterocycles. The molecule has 4 saturated carbocycles. The van der Waals surface area contributed by atoms with Crippen molar-refractivity contribution in [3.8, 4) is 5.75 Å². The summed E-state index contributed by atoms with van der Waals surface area (Å²) in [5.41, 5.74) is 7.77. The standard InChI is InChI=1S/C33H33N3O/c1-35-27-5-3-2-4-26(27)33(23-13-19-12-20(15-23)16-24(33)14-19)32(35)18-34-30-25-7-6-21-8-10-36-11-9-22(17-28(30)37-32)29(25)31(21)36/h2-7,17-20,23-24H,8-16H2,1H3. The molecule has 4 heteroatoms. The van der Waals surface area contributed by atoms with Gasteiger partial charge in [-0.3, -0.25) is 4.99 Å². The van der Waals surface area contributed by atoms with E-state index in [1.54, 1.807) is 0 Å². The SMILES string of the molecule is CN1c2ccccc2C2(C3CC4CC(C3)CC2C4)C12C=Nc1c(cc3c4c5c(ccc14)CCN5CC3)O2. The van der Waals surface area contributed by atoms with Gasteiger partial charge in [-0.2, -0.15) is 0 Å². The fraction of sp³-hybridized carbons (Fsp3) is 0.485. The molecular formula is C33H33N3O. The minimum absolute atomic E-state index is 0.0200. The molecule has 3 aromatic rings. The minimum atomic E-state index is -0.551. The normalized spacial score (nSPS) is 37.1. The van der Waals surface area contributed by atoms with Gasteiger partial charge in [0, 0.05) is 42.3 Å². The fourth-order valence-corrected chi connectivity index (χ4v) is 10.8. The average molecular weight is 488 g/mol. The Labute approximate surface area is 218 Å². The number of nitrogens with zero attached hydrogens (tertiary/aromatic N) is 3. The van der Waals surface area contributed by atoms with Crippen molar-refractivity contribution >= 4 is 34.0 Å². The second-order valence-electron chi connectivity index (χ2n) is 13.2. The van der Waals surface area contributed by atoms with Crippen LogP contribution in [0.3, 0.4) is 0 Å². The summed E-state index contributed by atoms with van der Waals surface area (Å²) in [4.78, 5) is 10.5. The van der Waals surface area contributed by atoms with E-state index in [1.165, 1.54) is 77.4 Å². The number of rotatable bonds is 0. The van der Waals surface area contributed by atoms with Crippen molar-refractivity contribution in [1.82, 2.24) is 0 Å². The number of likely N-dealkylation sites (N-methyl/N-ethyl adjacent to an activating group) is 1. The molecule has 3 aromatic carbocycles. The number of anilines is 2. The number of fused-ring (bicyclic) bond motifs is 3. The lowest BCUT2D eigenvalue weighted by molar-refractivity contribution is -0.121. The van der Waals surface area contributed by atoms with Crippen LogP contribution in [0.1, 0.15) is 48.8 Å². The molecule has 11 rings (SSSR count). The number of benzene rings is 3. The molecule has 37 heavy (non-hydrogen) atoms. The number of ether oxygens (including phenoxy) is 1. The molecule has 0 amide bonds. The van der Waals surface area contributed by atoms with E-state index >= 15 is 0 Å². The summed E-state index contributed by atoms with van der Waals surface area (Å²) < 4.78 is 7.51. The highest BCUT2D eigenvalue weighted by atomic mass is 16.5. The Morgan fingerprint density at radius 1 is 0.892 bits per heavy atom. The predicted molar refractivity (Wildman–Crippen MR) is 149 cm³/mol. The zero-order valence-corrected chi connectivity index (χ0v) is 21.5. The third-order valence-electron chi connectivity index (χ3n) is 11.9. The van der Waals surface area contributed by atoms with Gasteiger partial charge in [-0.05, 0) is 97.4 Å². The van der Waals surface area contributed by atoms with Crippen molar-refractivity contribution in [2.45, 2.75) is 56.1 Å². The zero-order valence-electron chi connectivity index (χ0n) is 21.5. The zero-order chi connectivity index (χ0) is 24.1. The summed E-state index contributed by atoms with van der Waals surface area (Å²) in [7, 11) is 2.27. The lowest BCUT2D eigenvalue weighted by atomic mass is 9.41. The van der Waals surface area contributed by atoms with Crippen molar-refractivity contribution in [1.29, 1.82) is 0 Å². The van der Waals surface area contributed by atoms with Crippen LogP contribution in [-0.2, 0) is 18.3 Å². The lowest BCUT2D eigenvalue weighted by Gasteiger charge is -2.64. The first-order chi connectivity index (χ1) is 18.2. The van der Waals surface area contributed by atoms with E-state index in [9.17, 15) is 0 Å². The average Bonchev–Trinajstić information content (AvgIpc) is 3.43. The van der Waals surface area contributed by atoms with Gasteiger partial charge in [-0.25, -0.2) is 0 Å². The number of para-hydroxylation sites is 1. The summed E-state index contributed by atoms with van der Waals surface area (Å²) >= 11 is 0. The molecule has 4 aliphatic carbocycles. The topological polar surface area (TPSA) is 28.1 Å². The maximum Gasteiger partial charge on any atom is 0.229 e. The molecule has 186 valence electrons. The Bertz CT molecular complexity index is 1540. The van der Waals surface area contributed by atoms with Crippen LogP contribution in [0.15, 0.2) is 47.5 Å². The molecule has 4 nitrogen and oxygen atoms in total. The highest BCUT2D eigenvalue weighted by Gasteiger charge is 2.73.